The van der Waals surface area contributed by atoms with Gasteiger partial charge in [-0.25, -0.2) is 9.97 Å². The van der Waals surface area contributed by atoms with Crippen LogP contribution in [0.15, 0.2) is 73.2 Å². The first-order valence-electron chi connectivity index (χ1n) is 12.4. The largest absolute Gasteiger partial charge is 0.772 e. The molecule has 1 saturated heterocycles. The quantitative estimate of drug-likeness (QED) is 0.316. The summed E-state index contributed by atoms with van der Waals surface area (Å²) in [7, 11) is 0. The molecule has 0 radical (unpaired) electrons. The minimum atomic E-state index is -2.29. The van der Waals surface area contributed by atoms with Gasteiger partial charge in [0.15, 0.2) is 0 Å². The molecule has 4 aromatic rings. The van der Waals surface area contributed by atoms with Crippen LogP contribution in [0, 0.1) is 6.92 Å². The number of benzene rings is 2. The molecule has 1 aliphatic rings. The lowest BCUT2D eigenvalue weighted by molar-refractivity contribution is 0.102. The summed E-state index contributed by atoms with van der Waals surface area (Å²) in [6.45, 7) is 4.42. The van der Waals surface area contributed by atoms with Crippen molar-refractivity contribution in [3.05, 3.63) is 89.9 Å². The summed E-state index contributed by atoms with van der Waals surface area (Å²) >= 11 is -2.29. The highest BCUT2D eigenvalue weighted by Crippen LogP contribution is 2.27. The van der Waals surface area contributed by atoms with Crippen molar-refractivity contribution in [2.75, 3.05) is 41.8 Å². The zero-order valence-electron chi connectivity index (χ0n) is 21.3. The van der Waals surface area contributed by atoms with E-state index in [4.69, 9.17) is 4.74 Å². The lowest BCUT2D eigenvalue weighted by atomic mass is 10.1. The fourth-order valence-corrected chi connectivity index (χ4v) is 4.82. The van der Waals surface area contributed by atoms with Gasteiger partial charge in [-0.2, -0.15) is 0 Å². The SMILES string of the molecule is Cc1ccc(NC(=O)c2ccc(N3CCOCC3)c(CS(=O)[O-])c2)cc1Nc1nccc(-c2cccnc2)n1. The molecule has 1 fully saturated rings. The zero-order valence-corrected chi connectivity index (χ0v) is 22.1. The monoisotopic (exact) mass is 543 g/mol. The molecule has 11 heteroatoms. The first kappa shape index (κ1) is 26.4. The third-order valence-electron chi connectivity index (χ3n) is 6.32. The molecule has 2 aromatic carbocycles. The molecule has 0 aliphatic carbocycles. The summed E-state index contributed by atoms with van der Waals surface area (Å²) < 4.78 is 28.5. The molecule has 5 rings (SSSR count). The number of carbonyl (C=O) groups is 1. The van der Waals surface area contributed by atoms with Crippen LogP contribution in [-0.2, 0) is 21.6 Å². The number of hydrogen-bond acceptors (Lipinski definition) is 9. The smallest absolute Gasteiger partial charge is 0.255 e. The minimum absolute atomic E-state index is 0.176. The molecule has 1 unspecified atom stereocenters. The molecular weight excluding hydrogens is 516 g/mol. The summed E-state index contributed by atoms with van der Waals surface area (Å²) in [5.41, 5.74) is 5.61. The van der Waals surface area contributed by atoms with Crippen LogP contribution in [0.3, 0.4) is 0 Å². The fourth-order valence-electron chi connectivity index (χ4n) is 4.33. The van der Waals surface area contributed by atoms with E-state index in [1.54, 1.807) is 42.9 Å². The van der Waals surface area contributed by atoms with Gasteiger partial charge in [0.05, 0.1) is 18.9 Å². The van der Waals surface area contributed by atoms with Gasteiger partial charge in [-0.15, -0.1) is 0 Å². The maximum atomic E-state index is 13.1. The van der Waals surface area contributed by atoms with Crippen LogP contribution in [0.25, 0.3) is 11.3 Å². The Kier molecular flexibility index (Phi) is 8.21. The number of pyridine rings is 1. The number of amides is 1. The van der Waals surface area contributed by atoms with Gasteiger partial charge in [-0.3, -0.25) is 14.0 Å². The van der Waals surface area contributed by atoms with E-state index in [1.807, 2.05) is 37.3 Å². The molecule has 3 heterocycles. The summed E-state index contributed by atoms with van der Waals surface area (Å²) in [4.78, 5) is 28.3. The molecule has 0 spiro atoms. The number of anilines is 4. The van der Waals surface area contributed by atoms with E-state index in [2.05, 4.69) is 30.5 Å². The Morgan fingerprint density at radius 1 is 1.10 bits per heavy atom. The van der Waals surface area contributed by atoms with E-state index < -0.39 is 11.1 Å². The Morgan fingerprint density at radius 2 is 1.95 bits per heavy atom. The molecule has 39 heavy (non-hydrogen) atoms. The Hall–Kier alpha value is -4.19. The van der Waals surface area contributed by atoms with E-state index in [0.29, 0.717) is 49.1 Å². The average molecular weight is 544 g/mol. The molecule has 10 nitrogen and oxygen atoms in total. The van der Waals surface area contributed by atoms with E-state index >= 15 is 0 Å². The molecular formula is C28H27N6O4S-. The third kappa shape index (κ3) is 6.63. The number of aryl methyl sites for hydroxylation is 1. The maximum Gasteiger partial charge on any atom is 0.255 e. The number of nitrogens with one attached hydrogen (secondary N) is 2. The zero-order chi connectivity index (χ0) is 27.2. The van der Waals surface area contributed by atoms with E-state index in [-0.39, 0.29) is 11.7 Å². The van der Waals surface area contributed by atoms with Crippen LogP contribution in [0.2, 0.25) is 0 Å². The van der Waals surface area contributed by atoms with Gasteiger partial charge in [0, 0.05) is 65.6 Å². The van der Waals surface area contributed by atoms with Crippen molar-refractivity contribution < 1.29 is 18.3 Å². The Bertz CT molecular complexity index is 1490. The predicted octanol–water partition coefficient (Wildman–Crippen LogP) is 4.06. The van der Waals surface area contributed by atoms with E-state index in [9.17, 15) is 13.6 Å². The molecule has 1 amide bonds. The second-order valence-corrected chi connectivity index (χ2v) is 9.90. The summed E-state index contributed by atoms with van der Waals surface area (Å²) in [5, 5.41) is 6.14. The highest BCUT2D eigenvalue weighted by atomic mass is 32.2. The molecule has 200 valence electrons. The van der Waals surface area contributed by atoms with E-state index in [0.717, 1.165) is 28.2 Å². The van der Waals surface area contributed by atoms with Crippen molar-refractivity contribution >= 4 is 40.0 Å². The lowest BCUT2D eigenvalue weighted by Crippen LogP contribution is -2.37. The Morgan fingerprint density at radius 3 is 2.72 bits per heavy atom. The normalized spacial score (nSPS) is 14.1. The summed E-state index contributed by atoms with van der Waals surface area (Å²) in [5.74, 6) is -0.104. The second kappa shape index (κ2) is 12.1. The van der Waals surface area contributed by atoms with Crippen LogP contribution in [0.4, 0.5) is 23.0 Å². The van der Waals surface area contributed by atoms with Gasteiger partial charge in [0.1, 0.15) is 0 Å². The number of nitrogens with zero attached hydrogens (tertiary/aromatic N) is 4. The van der Waals surface area contributed by atoms with Gasteiger partial charge in [-0.1, -0.05) is 17.1 Å². The van der Waals surface area contributed by atoms with Crippen molar-refractivity contribution in [2.24, 2.45) is 0 Å². The van der Waals surface area contributed by atoms with Crippen LogP contribution in [0.1, 0.15) is 21.5 Å². The first-order chi connectivity index (χ1) is 19.0. The van der Waals surface area contributed by atoms with Gasteiger partial charge in [0.2, 0.25) is 5.95 Å². The second-order valence-electron chi connectivity index (χ2n) is 9.01. The highest BCUT2D eigenvalue weighted by Gasteiger charge is 2.17. The van der Waals surface area contributed by atoms with Crippen LogP contribution in [-0.4, -0.2) is 55.9 Å². The predicted molar refractivity (Wildman–Crippen MR) is 150 cm³/mol. The van der Waals surface area contributed by atoms with Crippen molar-refractivity contribution in [3.63, 3.8) is 0 Å². The average Bonchev–Trinajstić information content (AvgIpc) is 2.95. The molecule has 2 N–H and O–H groups in total. The molecule has 0 saturated carbocycles. The molecule has 1 aliphatic heterocycles. The van der Waals surface area contributed by atoms with Crippen molar-refractivity contribution in [1.82, 2.24) is 15.0 Å². The molecule has 0 bridgehead atoms. The van der Waals surface area contributed by atoms with Gasteiger partial charge < -0.3 is 24.8 Å². The van der Waals surface area contributed by atoms with Crippen LogP contribution < -0.4 is 15.5 Å². The van der Waals surface area contributed by atoms with Crippen molar-refractivity contribution in [1.29, 1.82) is 0 Å². The van der Waals surface area contributed by atoms with Crippen molar-refractivity contribution in [2.45, 2.75) is 12.7 Å². The van der Waals surface area contributed by atoms with Gasteiger partial charge >= 0.3 is 0 Å². The van der Waals surface area contributed by atoms with Crippen LogP contribution in [0.5, 0.6) is 0 Å². The maximum absolute atomic E-state index is 13.1. The lowest BCUT2D eigenvalue weighted by Gasteiger charge is -2.31. The van der Waals surface area contributed by atoms with Crippen LogP contribution >= 0.6 is 0 Å². The van der Waals surface area contributed by atoms with Gasteiger partial charge in [-0.05, 0) is 66.6 Å². The highest BCUT2D eigenvalue weighted by molar-refractivity contribution is 7.78. The number of morpholine rings is 1. The number of rotatable bonds is 8. The van der Waals surface area contributed by atoms with Crippen molar-refractivity contribution in [3.8, 4) is 11.3 Å². The summed E-state index contributed by atoms with van der Waals surface area (Å²) in [6, 6.07) is 16.2. The Labute approximate surface area is 228 Å². The van der Waals surface area contributed by atoms with Gasteiger partial charge in [0.25, 0.3) is 5.91 Å². The summed E-state index contributed by atoms with van der Waals surface area (Å²) in [6.07, 6.45) is 5.11. The topological polar surface area (TPSA) is 132 Å². The number of hydrogen-bond donors (Lipinski definition) is 2. The number of aromatic nitrogens is 3. The number of carbonyl (C=O) groups excluding carboxylic acids is 1. The fraction of sp³-hybridized carbons (Fsp3) is 0.214. The number of ether oxygens (including phenoxy) is 1. The molecule has 2 aromatic heterocycles. The Balaban J connectivity index is 1.34. The first-order valence-corrected chi connectivity index (χ1v) is 13.6. The molecule has 1 atom stereocenters. The standard InChI is InChI=1S/C28H28N6O4S/c1-19-4-6-23(16-25(19)33-28-30-10-8-24(32-28)21-3-2-9-29-17-21)31-27(35)20-5-7-26(22(15-20)18-39(36)37)34-11-13-38-14-12-34/h2-10,15-17H,11-14,18H2,1H3,(H,31,35)(H,36,37)(H,30,32,33)/p-1. The third-order valence-corrected chi connectivity index (χ3v) is 6.87. The van der Waals surface area contributed by atoms with E-state index in [1.165, 1.54) is 0 Å². The minimum Gasteiger partial charge on any atom is -0.772 e.